The van der Waals surface area contributed by atoms with E-state index in [4.69, 9.17) is 9.47 Å². The number of amides is 3. The zero-order valence-corrected chi connectivity index (χ0v) is 14.8. The molecule has 7 nitrogen and oxygen atoms in total. The van der Waals surface area contributed by atoms with Crippen LogP contribution in [0.4, 0.5) is 4.79 Å². The van der Waals surface area contributed by atoms with Crippen LogP contribution in [-0.4, -0.2) is 44.8 Å². The van der Waals surface area contributed by atoms with Crippen LogP contribution in [-0.2, 0) is 9.53 Å². The summed E-state index contributed by atoms with van der Waals surface area (Å²) in [6.07, 6.45) is 2.49. The average molecular weight is 349 g/mol. The largest absolute Gasteiger partial charge is 0.494 e. The number of nitrogens with one attached hydrogen (secondary N) is 3. The van der Waals surface area contributed by atoms with E-state index in [0.29, 0.717) is 26.2 Å². The lowest BCUT2D eigenvalue weighted by atomic mass is 10.1. The molecule has 7 heteroatoms. The van der Waals surface area contributed by atoms with Crippen LogP contribution in [0.2, 0.25) is 0 Å². The van der Waals surface area contributed by atoms with Gasteiger partial charge in [0.1, 0.15) is 11.8 Å². The van der Waals surface area contributed by atoms with Crippen LogP contribution in [0, 0.1) is 0 Å². The van der Waals surface area contributed by atoms with Crippen LogP contribution >= 0.6 is 0 Å². The molecule has 25 heavy (non-hydrogen) atoms. The van der Waals surface area contributed by atoms with Crippen molar-refractivity contribution in [3.63, 3.8) is 0 Å². The summed E-state index contributed by atoms with van der Waals surface area (Å²) in [7, 11) is 1.58. The molecule has 0 bridgehead atoms. The van der Waals surface area contributed by atoms with Crippen LogP contribution in [0.25, 0.3) is 0 Å². The van der Waals surface area contributed by atoms with Crippen molar-refractivity contribution in [2.24, 2.45) is 0 Å². The van der Waals surface area contributed by atoms with E-state index in [1.165, 1.54) is 0 Å². The van der Waals surface area contributed by atoms with Gasteiger partial charge in [-0.1, -0.05) is 12.1 Å². The van der Waals surface area contributed by atoms with E-state index < -0.39 is 6.04 Å². The van der Waals surface area contributed by atoms with Gasteiger partial charge < -0.3 is 25.4 Å². The lowest BCUT2D eigenvalue weighted by molar-refractivity contribution is -0.122. The molecule has 0 aliphatic carbocycles. The molecule has 3 amide bonds. The molecule has 0 saturated carbocycles. The van der Waals surface area contributed by atoms with E-state index in [1.807, 2.05) is 31.2 Å². The smallest absolute Gasteiger partial charge is 0.316 e. The summed E-state index contributed by atoms with van der Waals surface area (Å²) in [5.41, 5.74) is 0.908. The summed E-state index contributed by atoms with van der Waals surface area (Å²) in [6.45, 7) is 3.53. The van der Waals surface area contributed by atoms with Crippen LogP contribution in [0.3, 0.4) is 0 Å². The van der Waals surface area contributed by atoms with Gasteiger partial charge in [-0.2, -0.15) is 0 Å². The Labute approximate surface area is 148 Å². The van der Waals surface area contributed by atoms with Crippen molar-refractivity contribution >= 4 is 11.9 Å². The van der Waals surface area contributed by atoms with Crippen LogP contribution in [0.5, 0.6) is 5.75 Å². The Morgan fingerprint density at radius 1 is 1.32 bits per heavy atom. The Morgan fingerprint density at radius 3 is 2.76 bits per heavy atom. The first-order valence-electron chi connectivity index (χ1n) is 8.70. The topological polar surface area (TPSA) is 88.7 Å². The first-order chi connectivity index (χ1) is 12.1. The molecule has 1 aliphatic rings. The highest BCUT2D eigenvalue weighted by atomic mass is 16.5. The molecule has 0 spiro atoms. The number of urea groups is 1. The average Bonchev–Trinajstić information content (AvgIpc) is 2.80. The maximum Gasteiger partial charge on any atom is 0.316 e. The molecule has 1 aromatic carbocycles. The van der Waals surface area contributed by atoms with E-state index in [-0.39, 0.29) is 18.0 Å². The molecular formula is C18H27N3O4. The summed E-state index contributed by atoms with van der Waals surface area (Å²) in [6, 6.07) is 6.33. The number of carbonyl (C=O) groups is 2. The Hall–Kier alpha value is -2.28. The molecule has 1 aliphatic heterocycles. The van der Waals surface area contributed by atoms with E-state index >= 15 is 0 Å². The summed E-state index contributed by atoms with van der Waals surface area (Å²) in [4.78, 5) is 24.3. The van der Waals surface area contributed by atoms with Gasteiger partial charge in [0.2, 0.25) is 5.91 Å². The lowest BCUT2D eigenvalue weighted by Crippen LogP contribution is -2.50. The minimum atomic E-state index is -0.494. The van der Waals surface area contributed by atoms with Crippen molar-refractivity contribution in [3.05, 3.63) is 29.8 Å². The fraction of sp³-hybridized carbons (Fsp3) is 0.556. The summed E-state index contributed by atoms with van der Waals surface area (Å²) in [5.74, 6) is 0.652. The fourth-order valence-electron chi connectivity index (χ4n) is 2.79. The number of rotatable bonds is 7. The second-order valence-electron chi connectivity index (χ2n) is 5.97. The van der Waals surface area contributed by atoms with Gasteiger partial charge in [-0.25, -0.2) is 4.79 Å². The van der Waals surface area contributed by atoms with E-state index in [2.05, 4.69) is 16.0 Å². The predicted molar refractivity (Wildman–Crippen MR) is 94.5 cm³/mol. The predicted octanol–water partition coefficient (Wildman–Crippen LogP) is 1.74. The second-order valence-corrected chi connectivity index (χ2v) is 5.97. The van der Waals surface area contributed by atoms with Crippen molar-refractivity contribution < 1.29 is 19.1 Å². The highest BCUT2D eigenvalue weighted by Gasteiger charge is 2.23. The first kappa shape index (κ1) is 19.1. The molecule has 1 saturated heterocycles. The molecule has 138 valence electrons. The Bertz CT molecular complexity index is 562. The molecule has 0 unspecified atom stereocenters. The van der Waals surface area contributed by atoms with Crippen LogP contribution in [0.15, 0.2) is 24.3 Å². The van der Waals surface area contributed by atoms with Gasteiger partial charge in [0.05, 0.1) is 19.3 Å². The SMILES string of the molecule is CCOc1ccc([C@H](COC)NC(=O)N[C@H]2CCCCNC2=O)cc1. The van der Waals surface area contributed by atoms with Crippen molar-refractivity contribution in [2.75, 3.05) is 26.9 Å². The monoisotopic (exact) mass is 349 g/mol. The first-order valence-corrected chi connectivity index (χ1v) is 8.70. The molecule has 0 aromatic heterocycles. The quantitative estimate of drug-likeness (QED) is 0.700. The molecule has 1 aromatic rings. The lowest BCUT2D eigenvalue weighted by Gasteiger charge is -2.21. The van der Waals surface area contributed by atoms with Gasteiger partial charge in [-0.15, -0.1) is 0 Å². The summed E-state index contributed by atoms with van der Waals surface area (Å²) in [5, 5.41) is 8.44. The van der Waals surface area contributed by atoms with Gasteiger partial charge in [-0.3, -0.25) is 4.79 Å². The molecule has 2 atom stereocenters. The number of methoxy groups -OCH3 is 1. The summed E-state index contributed by atoms with van der Waals surface area (Å²) >= 11 is 0. The van der Waals surface area contributed by atoms with Gasteiger partial charge in [0.25, 0.3) is 0 Å². The molecule has 1 fully saturated rings. The third-order valence-corrected chi connectivity index (χ3v) is 4.07. The summed E-state index contributed by atoms with van der Waals surface area (Å²) < 4.78 is 10.6. The normalized spacial score (nSPS) is 18.6. The third kappa shape index (κ3) is 5.94. The Kier molecular flexibility index (Phi) is 7.53. The van der Waals surface area contributed by atoms with Gasteiger partial charge >= 0.3 is 6.03 Å². The van der Waals surface area contributed by atoms with Crippen molar-refractivity contribution in [1.29, 1.82) is 0 Å². The molecular weight excluding hydrogens is 322 g/mol. The van der Waals surface area contributed by atoms with Crippen molar-refractivity contribution in [3.8, 4) is 5.75 Å². The third-order valence-electron chi connectivity index (χ3n) is 4.07. The standard InChI is InChI=1S/C18H27N3O4/c1-3-25-14-9-7-13(8-10-14)16(12-24-2)21-18(23)20-15-6-4-5-11-19-17(15)22/h7-10,15-16H,3-6,11-12H2,1-2H3,(H,19,22)(H2,20,21,23)/t15-,16-/m0/s1. The van der Waals surface area contributed by atoms with Crippen LogP contribution in [0.1, 0.15) is 37.8 Å². The number of hydrogen-bond donors (Lipinski definition) is 3. The molecule has 0 radical (unpaired) electrons. The highest BCUT2D eigenvalue weighted by Crippen LogP contribution is 2.18. The number of carbonyl (C=O) groups excluding carboxylic acids is 2. The second kappa shape index (κ2) is 9.88. The Morgan fingerprint density at radius 2 is 2.08 bits per heavy atom. The van der Waals surface area contributed by atoms with E-state index in [1.54, 1.807) is 7.11 Å². The maximum absolute atomic E-state index is 12.3. The fourth-order valence-corrected chi connectivity index (χ4v) is 2.79. The van der Waals surface area contributed by atoms with Crippen LogP contribution < -0.4 is 20.7 Å². The zero-order chi connectivity index (χ0) is 18.1. The van der Waals surface area contributed by atoms with Crippen molar-refractivity contribution in [1.82, 2.24) is 16.0 Å². The van der Waals surface area contributed by atoms with Gasteiger partial charge in [0.15, 0.2) is 0 Å². The Balaban J connectivity index is 1.97. The number of benzene rings is 1. The van der Waals surface area contributed by atoms with E-state index in [0.717, 1.165) is 24.2 Å². The number of ether oxygens (including phenoxy) is 2. The maximum atomic E-state index is 12.3. The zero-order valence-electron chi connectivity index (χ0n) is 14.8. The molecule has 1 heterocycles. The highest BCUT2D eigenvalue weighted by molar-refractivity contribution is 5.87. The molecule has 2 rings (SSSR count). The van der Waals surface area contributed by atoms with E-state index in [9.17, 15) is 9.59 Å². The minimum absolute atomic E-state index is 0.128. The van der Waals surface area contributed by atoms with Crippen molar-refractivity contribution in [2.45, 2.75) is 38.3 Å². The number of hydrogen-bond acceptors (Lipinski definition) is 4. The van der Waals surface area contributed by atoms with Gasteiger partial charge in [0, 0.05) is 13.7 Å². The molecule has 3 N–H and O–H groups in total. The van der Waals surface area contributed by atoms with Gasteiger partial charge in [-0.05, 0) is 43.9 Å². The minimum Gasteiger partial charge on any atom is -0.494 e.